The molecule has 2 nitrogen and oxygen atoms in total. The summed E-state index contributed by atoms with van der Waals surface area (Å²) in [5, 5.41) is 4.13. The van der Waals surface area contributed by atoms with E-state index in [1.165, 1.54) is 5.56 Å². The van der Waals surface area contributed by atoms with E-state index in [-0.39, 0.29) is 6.04 Å². The van der Waals surface area contributed by atoms with Gasteiger partial charge in [0, 0.05) is 11.2 Å². The molecule has 1 aromatic heterocycles. The van der Waals surface area contributed by atoms with Gasteiger partial charge in [0.25, 0.3) is 0 Å². The van der Waals surface area contributed by atoms with Crippen molar-refractivity contribution < 1.29 is 0 Å². The molecule has 1 unspecified atom stereocenters. The Morgan fingerprint density at radius 2 is 2.00 bits per heavy atom. The van der Waals surface area contributed by atoms with Crippen LogP contribution in [0, 0.1) is 6.92 Å². The van der Waals surface area contributed by atoms with Crippen LogP contribution in [0.15, 0.2) is 42.6 Å². The lowest BCUT2D eigenvalue weighted by Crippen LogP contribution is -2.21. The fourth-order valence-electron chi connectivity index (χ4n) is 2.08. The number of hydrogen-bond donors (Lipinski definition) is 1. The molecule has 0 bridgehead atoms. The van der Waals surface area contributed by atoms with E-state index in [2.05, 4.69) is 29.4 Å². The van der Waals surface area contributed by atoms with Crippen molar-refractivity contribution in [3.8, 4) is 0 Å². The van der Waals surface area contributed by atoms with Crippen LogP contribution < -0.4 is 5.32 Å². The van der Waals surface area contributed by atoms with E-state index in [9.17, 15) is 0 Å². The van der Waals surface area contributed by atoms with E-state index in [0.717, 1.165) is 22.7 Å². The summed E-state index contributed by atoms with van der Waals surface area (Å²) in [7, 11) is 1.95. The Hall–Kier alpha value is -1.38. The number of benzene rings is 1. The standard InChI is InChI=1S/C15H17ClN2/c1-11-6-5-9-18-15(11)14(17-2)10-12-7-3-4-8-13(12)16/h3-9,14,17H,10H2,1-2H3. The van der Waals surface area contributed by atoms with Gasteiger partial charge in [-0.1, -0.05) is 35.9 Å². The van der Waals surface area contributed by atoms with Crippen molar-refractivity contribution >= 4 is 11.6 Å². The molecule has 0 aliphatic rings. The van der Waals surface area contributed by atoms with Crippen LogP contribution in [0.2, 0.25) is 5.02 Å². The van der Waals surface area contributed by atoms with Gasteiger partial charge in [0.1, 0.15) is 0 Å². The number of pyridine rings is 1. The molecule has 1 aromatic carbocycles. The van der Waals surface area contributed by atoms with Gasteiger partial charge in [-0.3, -0.25) is 4.98 Å². The molecule has 0 spiro atoms. The number of hydrogen-bond acceptors (Lipinski definition) is 2. The highest BCUT2D eigenvalue weighted by Gasteiger charge is 2.14. The first-order valence-electron chi connectivity index (χ1n) is 6.04. The maximum absolute atomic E-state index is 6.20. The van der Waals surface area contributed by atoms with Gasteiger partial charge in [-0.25, -0.2) is 0 Å². The van der Waals surface area contributed by atoms with Crippen molar-refractivity contribution in [1.29, 1.82) is 0 Å². The average molecular weight is 261 g/mol. The zero-order valence-electron chi connectivity index (χ0n) is 10.7. The topological polar surface area (TPSA) is 24.9 Å². The first-order chi connectivity index (χ1) is 8.72. The molecule has 0 saturated carbocycles. The molecule has 0 aliphatic carbocycles. The van der Waals surface area contributed by atoms with Gasteiger partial charge in [0.15, 0.2) is 0 Å². The fraction of sp³-hybridized carbons (Fsp3) is 0.267. The Morgan fingerprint density at radius 3 is 2.67 bits per heavy atom. The van der Waals surface area contributed by atoms with Crippen LogP contribution >= 0.6 is 11.6 Å². The summed E-state index contributed by atoms with van der Waals surface area (Å²) < 4.78 is 0. The second-order valence-corrected chi connectivity index (χ2v) is 4.75. The summed E-state index contributed by atoms with van der Waals surface area (Å²) in [6.45, 7) is 2.08. The molecule has 0 radical (unpaired) electrons. The maximum Gasteiger partial charge on any atom is 0.0605 e. The maximum atomic E-state index is 6.20. The lowest BCUT2D eigenvalue weighted by Gasteiger charge is -2.18. The summed E-state index contributed by atoms with van der Waals surface area (Å²) in [6.07, 6.45) is 2.67. The number of nitrogens with one attached hydrogen (secondary N) is 1. The Morgan fingerprint density at radius 1 is 1.22 bits per heavy atom. The molecule has 1 atom stereocenters. The third-order valence-corrected chi connectivity index (χ3v) is 3.48. The third-order valence-electron chi connectivity index (χ3n) is 3.11. The van der Waals surface area contributed by atoms with Gasteiger partial charge in [-0.15, -0.1) is 0 Å². The summed E-state index contributed by atoms with van der Waals surface area (Å²) in [5.74, 6) is 0. The molecule has 0 fully saturated rings. The van der Waals surface area contributed by atoms with Gasteiger partial charge < -0.3 is 5.32 Å². The van der Waals surface area contributed by atoms with E-state index >= 15 is 0 Å². The summed E-state index contributed by atoms with van der Waals surface area (Å²) in [4.78, 5) is 4.47. The van der Waals surface area contributed by atoms with Crippen LogP contribution in [0.25, 0.3) is 0 Å². The molecule has 0 saturated heterocycles. The minimum absolute atomic E-state index is 0.186. The minimum atomic E-state index is 0.186. The van der Waals surface area contributed by atoms with Crippen molar-refractivity contribution in [2.24, 2.45) is 0 Å². The van der Waals surface area contributed by atoms with Gasteiger partial charge >= 0.3 is 0 Å². The summed E-state index contributed by atoms with van der Waals surface area (Å²) >= 11 is 6.20. The molecular formula is C15H17ClN2. The van der Waals surface area contributed by atoms with E-state index in [0.29, 0.717) is 0 Å². The predicted molar refractivity (Wildman–Crippen MR) is 75.9 cm³/mol. The first kappa shape index (κ1) is 13.1. The van der Waals surface area contributed by atoms with Crippen molar-refractivity contribution in [3.05, 3.63) is 64.4 Å². The number of aromatic nitrogens is 1. The van der Waals surface area contributed by atoms with E-state index in [1.807, 2.05) is 37.5 Å². The third kappa shape index (κ3) is 2.89. The van der Waals surface area contributed by atoms with Gasteiger partial charge in [-0.2, -0.15) is 0 Å². The van der Waals surface area contributed by atoms with Crippen molar-refractivity contribution in [1.82, 2.24) is 10.3 Å². The quantitative estimate of drug-likeness (QED) is 0.910. The molecule has 18 heavy (non-hydrogen) atoms. The fourth-order valence-corrected chi connectivity index (χ4v) is 2.29. The number of nitrogens with zero attached hydrogens (tertiary/aromatic N) is 1. The van der Waals surface area contributed by atoms with Crippen LogP contribution in [-0.2, 0) is 6.42 Å². The molecule has 0 aliphatic heterocycles. The zero-order valence-corrected chi connectivity index (χ0v) is 11.4. The number of rotatable bonds is 4. The Labute approximate surface area is 113 Å². The number of aryl methyl sites for hydroxylation is 1. The van der Waals surface area contributed by atoms with Crippen LogP contribution in [0.5, 0.6) is 0 Å². The van der Waals surface area contributed by atoms with E-state index in [1.54, 1.807) is 0 Å². The molecule has 1 N–H and O–H groups in total. The lowest BCUT2D eigenvalue weighted by atomic mass is 10.00. The van der Waals surface area contributed by atoms with Crippen LogP contribution in [0.1, 0.15) is 22.9 Å². The van der Waals surface area contributed by atoms with Gasteiger partial charge in [-0.05, 0) is 43.7 Å². The Bertz CT molecular complexity index is 525. The minimum Gasteiger partial charge on any atom is -0.311 e. The second-order valence-electron chi connectivity index (χ2n) is 4.34. The largest absolute Gasteiger partial charge is 0.311 e. The molecule has 94 valence electrons. The van der Waals surface area contributed by atoms with Crippen LogP contribution in [0.3, 0.4) is 0 Å². The van der Waals surface area contributed by atoms with Crippen LogP contribution in [0.4, 0.5) is 0 Å². The highest BCUT2D eigenvalue weighted by atomic mass is 35.5. The van der Waals surface area contributed by atoms with Crippen LogP contribution in [-0.4, -0.2) is 12.0 Å². The van der Waals surface area contributed by atoms with E-state index < -0.39 is 0 Å². The van der Waals surface area contributed by atoms with Crippen molar-refractivity contribution in [2.45, 2.75) is 19.4 Å². The number of halogens is 1. The molecule has 2 rings (SSSR count). The highest BCUT2D eigenvalue weighted by molar-refractivity contribution is 6.31. The number of likely N-dealkylation sites (N-methyl/N-ethyl adjacent to an activating group) is 1. The van der Waals surface area contributed by atoms with Crippen molar-refractivity contribution in [2.75, 3.05) is 7.05 Å². The summed E-state index contributed by atoms with van der Waals surface area (Å²) in [5.41, 5.74) is 3.42. The molecule has 0 amide bonds. The molecular weight excluding hydrogens is 244 g/mol. The van der Waals surface area contributed by atoms with Crippen molar-refractivity contribution in [3.63, 3.8) is 0 Å². The Kier molecular flexibility index (Phi) is 4.34. The smallest absolute Gasteiger partial charge is 0.0605 e. The monoisotopic (exact) mass is 260 g/mol. The van der Waals surface area contributed by atoms with E-state index in [4.69, 9.17) is 11.6 Å². The molecule has 3 heteroatoms. The lowest BCUT2D eigenvalue weighted by molar-refractivity contribution is 0.572. The Balaban J connectivity index is 2.26. The van der Waals surface area contributed by atoms with Gasteiger partial charge in [0.05, 0.1) is 11.7 Å². The normalized spacial score (nSPS) is 12.4. The zero-order chi connectivity index (χ0) is 13.0. The highest BCUT2D eigenvalue weighted by Crippen LogP contribution is 2.23. The molecule has 1 heterocycles. The van der Waals surface area contributed by atoms with Gasteiger partial charge in [0.2, 0.25) is 0 Å². The molecule has 2 aromatic rings. The second kappa shape index (κ2) is 5.98. The first-order valence-corrected chi connectivity index (χ1v) is 6.42. The SMILES string of the molecule is CNC(Cc1ccccc1Cl)c1ncccc1C. The predicted octanol–water partition coefficient (Wildman–Crippen LogP) is 3.55. The average Bonchev–Trinajstić information content (AvgIpc) is 2.39. The summed E-state index contributed by atoms with van der Waals surface area (Å²) in [6, 6.07) is 12.2.